The van der Waals surface area contributed by atoms with Gasteiger partial charge in [-0.3, -0.25) is 0 Å². The van der Waals surface area contributed by atoms with Crippen LogP contribution in [0.5, 0.6) is 0 Å². The lowest BCUT2D eigenvalue weighted by molar-refractivity contribution is -0.320. The molecule has 3 heteroatoms. The Morgan fingerprint density at radius 1 is 0.800 bits per heavy atom. The van der Waals surface area contributed by atoms with Gasteiger partial charge < -0.3 is 17.2 Å². The molecule has 7 saturated carbocycles. The summed E-state index contributed by atoms with van der Waals surface area (Å²) in [5.41, 5.74) is 20.0. The highest BCUT2D eigenvalue weighted by atomic mass is 15.2. The molecule has 7 fully saturated rings. The van der Waals surface area contributed by atoms with Crippen LogP contribution in [0, 0.1) is 45.8 Å². The van der Waals surface area contributed by atoms with Crippen LogP contribution in [0.3, 0.4) is 0 Å². The van der Waals surface area contributed by atoms with Crippen LogP contribution >= 0.6 is 0 Å². The maximum Gasteiger partial charge on any atom is 0.121 e. The SMILES string of the molecule is CC12CC3CC4C1CC1(C(N)(N)N)CC2C(C3)C4(C)C1. The Bertz CT molecular complexity index is 467. The van der Waals surface area contributed by atoms with Crippen molar-refractivity contribution in [2.75, 3.05) is 0 Å². The highest BCUT2D eigenvalue weighted by Crippen LogP contribution is 2.82. The summed E-state index contributed by atoms with van der Waals surface area (Å²) >= 11 is 0. The van der Waals surface area contributed by atoms with Crippen LogP contribution in [0.2, 0.25) is 0 Å². The van der Waals surface area contributed by atoms with E-state index in [2.05, 4.69) is 13.8 Å². The summed E-state index contributed by atoms with van der Waals surface area (Å²) in [7, 11) is 0. The van der Waals surface area contributed by atoms with Crippen molar-refractivity contribution < 1.29 is 0 Å². The van der Waals surface area contributed by atoms with Crippen molar-refractivity contribution in [1.82, 2.24) is 0 Å². The summed E-state index contributed by atoms with van der Waals surface area (Å²) in [6, 6.07) is 0. The van der Waals surface area contributed by atoms with Crippen molar-refractivity contribution in [3.63, 3.8) is 0 Å². The van der Waals surface area contributed by atoms with E-state index in [1.165, 1.54) is 38.5 Å². The molecule has 112 valence electrons. The van der Waals surface area contributed by atoms with Gasteiger partial charge >= 0.3 is 0 Å². The second-order valence-electron chi connectivity index (χ2n) is 9.78. The Morgan fingerprint density at radius 3 is 1.85 bits per heavy atom. The minimum atomic E-state index is -0.986. The fourth-order valence-electron chi connectivity index (χ4n) is 8.48. The average molecular weight is 275 g/mol. The second kappa shape index (κ2) is 3.00. The molecular weight excluding hydrogens is 246 g/mol. The van der Waals surface area contributed by atoms with Crippen molar-refractivity contribution in [2.24, 2.45) is 63.0 Å². The highest BCUT2D eigenvalue weighted by Gasteiger charge is 2.76. The van der Waals surface area contributed by atoms with Crippen LogP contribution in [0.1, 0.15) is 52.4 Å². The van der Waals surface area contributed by atoms with Crippen molar-refractivity contribution in [3.05, 3.63) is 0 Å². The summed E-state index contributed by atoms with van der Waals surface area (Å²) in [5, 5.41) is 0. The largest absolute Gasteiger partial charge is 0.301 e. The van der Waals surface area contributed by atoms with E-state index in [1.54, 1.807) is 0 Å². The lowest BCUT2D eigenvalue weighted by Crippen LogP contribution is -2.80. The summed E-state index contributed by atoms with van der Waals surface area (Å²) in [4.78, 5) is 0. The molecule has 6 N–H and O–H groups in total. The standard InChI is InChI=1S/C17H29N3/c1-14-5-9-3-10-12(14)6-16(17(18,19)20)7-13(14)11(4-9)15(10,2)8-16/h9-13H,3-8,18-20H2,1-2H3. The lowest BCUT2D eigenvalue weighted by Gasteiger charge is -2.81. The Labute approximate surface area is 122 Å². The van der Waals surface area contributed by atoms with Crippen LogP contribution in [0.15, 0.2) is 0 Å². The van der Waals surface area contributed by atoms with Crippen molar-refractivity contribution in [1.29, 1.82) is 0 Å². The number of hydrogen-bond donors (Lipinski definition) is 3. The van der Waals surface area contributed by atoms with Crippen LogP contribution in [0.4, 0.5) is 0 Å². The van der Waals surface area contributed by atoms with E-state index in [4.69, 9.17) is 17.2 Å². The van der Waals surface area contributed by atoms with Crippen LogP contribution in [-0.4, -0.2) is 5.79 Å². The molecule has 8 bridgehead atoms. The monoisotopic (exact) mass is 275 g/mol. The molecule has 0 amide bonds. The van der Waals surface area contributed by atoms with E-state index >= 15 is 0 Å². The Kier molecular flexibility index (Phi) is 1.86. The van der Waals surface area contributed by atoms with E-state index in [1.807, 2.05) is 0 Å². The van der Waals surface area contributed by atoms with Gasteiger partial charge in [-0.1, -0.05) is 13.8 Å². The zero-order valence-corrected chi connectivity index (χ0v) is 12.9. The van der Waals surface area contributed by atoms with Gasteiger partial charge in [0.15, 0.2) is 0 Å². The Balaban J connectivity index is 1.71. The highest BCUT2D eigenvalue weighted by molar-refractivity contribution is 5.25. The molecule has 0 aliphatic heterocycles. The van der Waals surface area contributed by atoms with E-state index in [0.29, 0.717) is 10.8 Å². The molecule has 0 aromatic heterocycles. The molecule has 0 saturated heterocycles. The van der Waals surface area contributed by atoms with Crippen LogP contribution < -0.4 is 17.2 Å². The minimum absolute atomic E-state index is 0.00771. The summed E-state index contributed by atoms with van der Waals surface area (Å²) in [5.74, 6) is 3.55. The van der Waals surface area contributed by atoms with Gasteiger partial charge in [-0.15, -0.1) is 0 Å². The van der Waals surface area contributed by atoms with Gasteiger partial charge in [0.2, 0.25) is 0 Å². The molecule has 7 aliphatic rings. The third kappa shape index (κ3) is 1.04. The van der Waals surface area contributed by atoms with Gasteiger partial charge in [0.1, 0.15) is 5.79 Å². The third-order valence-electron chi connectivity index (χ3n) is 9.12. The molecule has 20 heavy (non-hydrogen) atoms. The van der Waals surface area contributed by atoms with Crippen molar-refractivity contribution in [2.45, 2.75) is 58.2 Å². The first-order valence-electron chi connectivity index (χ1n) is 8.56. The van der Waals surface area contributed by atoms with Gasteiger partial charge in [0.25, 0.3) is 0 Å². The topological polar surface area (TPSA) is 78.1 Å². The zero-order chi connectivity index (χ0) is 14.1. The molecule has 0 spiro atoms. The van der Waals surface area contributed by atoms with Gasteiger partial charge in [-0.2, -0.15) is 0 Å². The van der Waals surface area contributed by atoms with E-state index in [0.717, 1.165) is 29.6 Å². The second-order valence-corrected chi connectivity index (χ2v) is 9.78. The molecule has 0 heterocycles. The van der Waals surface area contributed by atoms with Gasteiger partial charge in [-0.05, 0) is 78.9 Å². The Morgan fingerprint density at radius 2 is 1.35 bits per heavy atom. The molecule has 0 radical (unpaired) electrons. The number of rotatable bonds is 1. The molecule has 7 rings (SSSR count). The third-order valence-corrected chi connectivity index (χ3v) is 9.12. The predicted octanol–water partition coefficient (Wildman–Crippen LogP) is 2.00. The minimum Gasteiger partial charge on any atom is -0.301 e. The van der Waals surface area contributed by atoms with Gasteiger partial charge in [-0.25, -0.2) is 0 Å². The normalized spacial score (nSPS) is 66.2. The molecule has 7 aliphatic carbocycles. The van der Waals surface area contributed by atoms with Crippen LogP contribution in [0.25, 0.3) is 0 Å². The molecule has 4 atom stereocenters. The average Bonchev–Trinajstić information content (AvgIpc) is 2.33. The molecular formula is C17H29N3. The Hall–Kier alpha value is -0.120. The van der Waals surface area contributed by atoms with Crippen molar-refractivity contribution in [3.8, 4) is 0 Å². The first-order valence-corrected chi connectivity index (χ1v) is 8.56. The molecule has 4 unspecified atom stereocenters. The van der Waals surface area contributed by atoms with Crippen molar-refractivity contribution >= 4 is 0 Å². The number of hydrogen-bond acceptors (Lipinski definition) is 3. The fourth-order valence-corrected chi connectivity index (χ4v) is 8.48. The molecule has 0 aromatic carbocycles. The summed E-state index contributed by atoms with van der Waals surface area (Å²) < 4.78 is 0. The predicted molar refractivity (Wildman–Crippen MR) is 79.1 cm³/mol. The lowest BCUT2D eigenvalue weighted by atomic mass is 9.24. The fraction of sp³-hybridized carbons (Fsp3) is 1.00. The van der Waals surface area contributed by atoms with Gasteiger partial charge in [0, 0.05) is 5.41 Å². The summed E-state index contributed by atoms with van der Waals surface area (Å²) in [6.45, 7) is 5.15. The van der Waals surface area contributed by atoms with Gasteiger partial charge in [0.05, 0.1) is 0 Å². The van der Waals surface area contributed by atoms with E-state index < -0.39 is 5.79 Å². The first-order chi connectivity index (χ1) is 9.20. The van der Waals surface area contributed by atoms with E-state index in [9.17, 15) is 0 Å². The first kappa shape index (κ1) is 12.4. The smallest absolute Gasteiger partial charge is 0.121 e. The van der Waals surface area contributed by atoms with E-state index in [-0.39, 0.29) is 5.41 Å². The summed E-state index contributed by atoms with van der Waals surface area (Å²) in [6.07, 6.45) is 8.00. The zero-order valence-electron chi connectivity index (χ0n) is 12.9. The quantitative estimate of drug-likeness (QED) is 0.641. The van der Waals surface area contributed by atoms with Crippen LogP contribution in [-0.2, 0) is 0 Å². The maximum atomic E-state index is 6.30. The maximum absolute atomic E-state index is 6.30. The molecule has 0 aromatic rings. The molecule has 3 nitrogen and oxygen atoms in total. The number of nitrogens with two attached hydrogens (primary N) is 3.